The molecule has 0 spiro atoms. The van der Waals surface area contributed by atoms with E-state index in [1.807, 2.05) is 22.6 Å². The van der Waals surface area contributed by atoms with Gasteiger partial charge in [-0.3, -0.25) is 0 Å². The molecule has 0 aliphatic heterocycles. The Balaban J connectivity index is 3.20. The highest BCUT2D eigenvalue weighted by Gasteiger charge is 2.14. The molecule has 72 valence electrons. The minimum atomic E-state index is -2.51. The first kappa shape index (κ1) is 10.8. The summed E-state index contributed by atoms with van der Waals surface area (Å²) in [6, 6.07) is 1.66. The molecule has 13 heavy (non-hydrogen) atoms. The van der Waals surface area contributed by atoms with Crippen LogP contribution in [0.2, 0.25) is 0 Å². The van der Waals surface area contributed by atoms with Crippen LogP contribution in [-0.4, -0.2) is 4.98 Å². The highest BCUT2D eigenvalue weighted by atomic mass is 127. The molecule has 1 heterocycles. The Labute approximate surface area is 88.7 Å². The van der Waals surface area contributed by atoms with Crippen molar-refractivity contribution in [1.29, 1.82) is 0 Å². The maximum Gasteiger partial charge on any atom is 0.280 e. The molecule has 1 aromatic heterocycles. The van der Waals surface area contributed by atoms with Crippen molar-refractivity contribution in [3.8, 4) is 0 Å². The van der Waals surface area contributed by atoms with Crippen LogP contribution in [0.25, 0.3) is 0 Å². The van der Waals surface area contributed by atoms with E-state index in [1.54, 1.807) is 13.0 Å². The van der Waals surface area contributed by atoms with Crippen molar-refractivity contribution in [3.05, 3.63) is 26.6 Å². The second-order valence-electron chi connectivity index (χ2n) is 2.65. The standard InChI is InChI=1S/C8H9F2IN2/c1-4-2-5(3-12)8(11)13-6(4)7(9)10/h2,7H,3,12H2,1H3. The van der Waals surface area contributed by atoms with Crippen LogP contribution in [0.4, 0.5) is 8.78 Å². The molecular weight excluding hydrogens is 289 g/mol. The van der Waals surface area contributed by atoms with Crippen molar-refractivity contribution in [2.75, 3.05) is 0 Å². The first-order valence-electron chi connectivity index (χ1n) is 3.70. The van der Waals surface area contributed by atoms with E-state index in [-0.39, 0.29) is 5.69 Å². The lowest BCUT2D eigenvalue weighted by atomic mass is 10.1. The normalized spacial score (nSPS) is 10.9. The summed E-state index contributed by atoms with van der Waals surface area (Å²) in [6.45, 7) is 1.94. The first-order valence-corrected chi connectivity index (χ1v) is 4.78. The van der Waals surface area contributed by atoms with Crippen molar-refractivity contribution in [1.82, 2.24) is 4.98 Å². The summed E-state index contributed by atoms with van der Waals surface area (Å²) in [5, 5.41) is 0. The van der Waals surface area contributed by atoms with Gasteiger partial charge in [-0.15, -0.1) is 0 Å². The van der Waals surface area contributed by atoms with Gasteiger partial charge < -0.3 is 5.73 Å². The molecule has 0 fully saturated rings. The minimum absolute atomic E-state index is 0.151. The van der Waals surface area contributed by atoms with Crippen molar-refractivity contribution in [3.63, 3.8) is 0 Å². The van der Waals surface area contributed by atoms with E-state index in [1.165, 1.54) is 0 Å². The summed E-state index contributed by atoms with van der Waals surface area (Å²) in [4.78, 5) is 3.80. The third-order valence-electron chi connectivity index (χ3n) is 1.70. The smallest absolute Gasteiger partial charge is 0.280 e. The SMILES string of the molecule is Cc1cc(CN)c(I)nc1C(F)F. The van der Waals surface area contributed by atoms with Crippen molar-refractivity contribution < 1.29 is 8.78 Å². The molecule has 0 amide bonds. The van der Waals surface area contributed by atoms with Crippen LogP contribution in [0.1, 0.15) is 23.2 Å². The zero-order valence-corrected chi connectivity index (χ0v) is 9.18. The number of rotatable bonds is 2. The average molecular weight is 298 g/mol. The Morgan fingerprint density at radius 3 is 2.69 bits per heavy atom. The minimum Gasteiger partial charge on any atom is -0.326 e. The van der Waals surface area contributed by atoms with Gasteiger partial charge in [0.25, 0.3) is 6.43 Å². The molecule has 0 saturated carbocycles. The van der Waals surface area contributed by atoms with Crippen LogP contribution in [0, 0.1) is 10.6 Å². The molecule has 0 unspecified atom stereocenters. The second kappa shape index (κ2) is 4.28. The Bertz CT molecular complexity index is 315. The lowest BCUT2D eigenvalue weighted by molar-refractivity contribution is 0.145. The molecule has 2 N–H and O–H groups in total. The largest absolute Gasteiger partial charge is 0.326 e. The lowest BCUT2D eigenvalue weighted by Crippen LogP contribution is -2.05. The number of aromatic nitrogens is 1. The Hall–Kier alpha value is -0.300. The number of hydrogen-bond donors (Lipinski definition) is 1. The summed E-state index contributed by atoms with van der Waals surface area (Å²) < 4.78 is 25.2. The zero-order chi connectivity index (χ0) is 10.0. The van der Waals surface area contributed by atoms with Crippen LogP contribution < -0.4 is 5.73 Å². The molecule has 0 aliphatic rings. The van der Waals surface area contributed by atoms with E-state index in [9.17, 15) is 8.78 Å². The van der Waals surface area contributed by atoms with E-state index in [4.69, 9.17) is 5.73 Å². The van der Waals surface area contributed by atoms with Crippen LogP contribution in [0.3, 0.4) is 0 Å². The van der Waals surface area contributed by atoms with Gasteiger partial charge in [0.2, 0.25) is 0 Å². The first-order chi connectivity index (χ1) is 6.06. The van der Waals surface area contributed by atoms with Crippen molar-refractivity contribution >= 4 is 22.6 Å². The molecule has 0 radical (unpaired) electrons. The molecule has 5 heteroatoms. The van der Waals surface area contributed by atoms with E-state index in [2.05, 4.69) is 4.98 Å². The van der Waals surface area contributed by atoms with Gasteiger partial charge in [-0.25, -0.2) is 13.8 Å². The summed E-state index contributed by atoms with van der Waals surface area (Å²) >= 11 is 1.91. The molecular formula is C8H9F2IN2. The van der Waals surface area contributed by atoms with Crippen LogP contribution in [-0.2, 0) is 6.54 Å². The molecule has 0 bridgehead atoms. The van der Waals surface area contributed by atoms with Crippen molar-refractivity contribution in [2.24, 2.45) is 5.73 Å². The van der Waals surface area contributed by atoms with Gasteiger partial charge in [0.05, 0.1) is 0 Å². The number of alkyl halides is 2. The van der Waals surface area contributed by atoms with E-state index >= 15 is 0 Å². The fourth-order valence-electron chi connectivity index (χ4n) is 1.02. The molecule has 2 nitrogen and oxygen atoms in total. The van der Waals surface area contributed by atoms with Gasteiger partial charge in [-0.2, -0.15) is 0 Å². The zero-order valence-electron chi connectivity index (χ0n) is 7.02. The number of nitrogens with two attached hydrogens (primary N) is 1. The summed E-state index contributed by atoms with van der Waals surface area (Å²) in [5.74, 6) is 0. The fourth-order valence-corrected chi connectivity index (χ4v) is 1.66. The molecule has 1 aromatic rings. The monoisotopic (exact) mass is 298 g/mol. The Morgan fingerprint density at radius 2 is 2.23 bits per heavy atom. The topological polar surface area (TPSA) is 38.9 Å². The number of aryl methyl sites for hydroxylation is 1. The highest BCUT2D eigenvalue weighted by Crippen LogP contribution is 2.23. The maximum absolute atomic E-state index is 12.3. The predicted molar refractivity (Wildman–Crippen MR) is 54.5 cm³/mol. The van der Waals surface area contributed by atoms with Gasteiger partial charge in [-0.1, -0.05) is 6.07 Å². The van der Waals surface area contributed by atoms with Crippen LogP contribution in [0.15, 0.2) is 6.07 Å². The Kier molecular flexibility index (Phi) is 3.55. The molecule has 0 atom stereocenters. The van der Waals surface area contributed by atoms with Gasteiger partial charge >= 0.3 is 0 Å². The molecule has 0 aliphatic carbocycles. The second-order valence-corrected chi connectivity index (χ2v) is 3.67. The Morgan fingerprint density at radius 1 is 1.62 bits per heavy atom. The predicted octanol–water partition coefficient (Wildman–Crippen LogP) is 2.39. The third kappa shape index (κ3) is 2.34. The molecule has 0 aromatic carbocycles. The molecule has 1 rings (SSSR count). The van der Waals surface area contributed by atoms with Gasteiger partial charge in [0.15, 0.2) is 0 Å². The summed E-state index contributed by atoms with van der Waals surface area (Å²) in [7, 11) is 0. The molecule has 0 saturated heterocycles. The maximum atomic E-state index is 12.3. The number of hydrogen-bond acceptors (Lipinski definition) is 2. The van der Waals surface area contributed by atoms with Crippen LogP contribution in [0.5, 0.6) is 0 Å². The summed E-state index contributed by atoms with van der Waals surface area (Å²) in [5.41, 5.74) is 6.57. The van der Waals surface area contributed by atoms with Gasteiger partial charge in [0.1, 0.15) is 9.39 Å². The van der Waals surface area contributed by atoms with E-state index < -0.39 is 6.43 Å². The van der Waals surface area contributed by atoms with E-state index in [0.29, 0.717) is 15.8 Å². The quantitative estimate of drug-likeness (QED) is 0.672. The summed E-state index contributed by atoms with van der Waals surface area (Å²) in [6.07, 6.45) is -2.51. The lowest BCUT2D eigenvalue weighted by Gasteiger charge is -2.07. The van der Waals surface area contributed by atoms with Gasteiger partial charge in [0, 0.05) is 6.54 Å². The third-order valence-corrected chi connectivity index (χ3v) is 2.64. The van der Waals surface area contributed by atoms with Gasteiger partial charge in [-0.05, 0) is 40.6 Å². The number of halogens is 3. The fraction of sp³-hybridized carbons (Fsp3) is 0.375. The number of pyridine rings is 1. The van der Waals surface area contributed by atoms with Crippen LogP contribution >= 0.6 is 22.6 Å². The van der Waals surface area contributed by atoms with E-state index in [0.717, 1.165) is 5.56 Å². The number of nitrogens with zero attached hydrogens (tertiary/aromatic N) is 1. The average Bonchev–Trinajstić information content (AvgIpc) is 2.07. The highest BCUT2D eigenvalue weighted by molar-refractivity contribution is 14.1. The van der Waals surface area contributed by atoms with Crippen molar-refractivity contribution in [2.45, 2.75) is 19.9 Å².